The molecule has 21 heavy (non-hydrogen) atoms. The normalized spacial score (nSPS) is 24.0. The summed E-state index contributed by atoms with van der Waals surface area (Å²) < 4.78 is 1.05. The smallest absolute Gasteiger partial charge is 0.0443 e. The van der Waals surface area contributed by atoms with E-state index < -0.39 is 0 Å². The molecule has 112 valence electrons. The van der Waals surface area contributed by atoms with Crippen LogP contribution in [0.2, 0.25) is 0 Å². The fourth-order valence-electron chi connectivity index (χ4n) is 4.11. The van der Waals surface area contributed by atoms with Gasteiger partial charge in [-0.2, -0.15) is 0 Å². The topological polar surface area (TPSA) is 26.3 Å². The lowest BCUT2D eigenvalue weighted by molar-refractivity contribution is 0.165. The maximum atomic E-state index is 12.7. The number of fused-ring (bicyclic) bond motifs is 1. The quantitative estimate of drug-likeness (QED) is 0.547. The number of anilines is 1. The van der Waals surface area contributed by atoms with Crippen molar-refractivity contribution in [2.24, 2.45) is 5.41 Å². The van der Waals surface area contributed by atoms with Crippen molar-refractivity contribution in [1.29, 1.82) is 0 Å². The molecular formula is C17H19BrNOS-. The SMILES string of the molecule is [O-]N1C2=C(CC3(CCCCC3)CC2)Sc2cc(Br)ccc21. The molecule has 1 heterocycles. The fraction of sp³-hybridized carbons (Fsp3) is 0.529. The number of rotatable bonds is 0. The van der Waals surface area contributed by atoms with Crippen molar-refractivity contribution in [2.75, 3.05) is 5.06 Å². The molecule has 2 aliphatic carbocycles. The van der Waals surface area contributed by atoms with E-state index in [0.29, 0.717) is 5.41 Å². The first kappa shape index (κ1) is 14.2. The summed E-state index contributed by atoms with van der Waals surface area (Å²) in [7, 11) is 0. The molecule has 0 amide bonds. The third-order valence-electron chi connectivity index (χ3n) is 5.28. The highest BCUT2D eigenvalue weighted by atomic mass is 79.9. The number of allylic oxidation sites excluding steroid dienone is 2. The van der Waals surface area contributed by atoms with Crippen LogP contribution in [-0.4, -0.2) is 0 Å². The van der Waals surface area contributed by atoms with Crippen molar-refractivity contribution < 1.29 is 0 Å². The maximum Gasteiger partial charge on any atom is 0.0443 e. The summed E-state index contributed by atoms with van der Waals surface area (Å²) in [6, 6.07) is 5.98. The minimum absolute atomic E-state index is 0.494. The largest absolute Gasteiger partial charge is 0.754 e. The molecule has 1 fully saturated rings. The molecule has 1 saturated carbocycles. The molecular weight excluding hydrogens is 346 g/mol. The second-order valence-electron chi connectivity index (χ2n) is 6.62. The van der Waals surface area contributed by atoms with Gasteiger partial charge in [0.05, 0.1) is 0 Å². The fourth-order valence-corrected chi connectivity index (χ4v) is 6.01. The summed E-state index contributed by atoms with van der Waals surface area (Å²) >= 11 is 5.35. The number of thioether (sulfide) groups is 1. The van der Waals surface area contributed by atoms with Gasteiger partial charge in [0.2, 0.25) is 0 Å². The van der Waals surface area contributed by atoms with Gasteiger partial charge in [0.1, 0.15) is 0 Å². The lowest BCUT2D eigenvalue weighted by Gasteiger charge is -2.48. The van der Waals surface area contributed by atoms with Crippen molar-refractivity contribution in [3.05, 3.63) is 38.5 Å². The van der Waals surface area contributed by atoms with Gasteiger partial charge in [-0.1, -0.05) is 47.0 Å². The zero-order valence-electron chi connectivity index (χ0n) is 12.0. The van der Waals surface area contributed by atoms with Crippen LogP contribution in [0.5, 0.6) is 0 Å². The summed E-state index contributed by atoms with van der Waals surface area (Å²) in [4.78, 5) is 2.44. The summed E-state index contributed by atoms with van der Waals surface area (Å²) in [6.45, 7) is 0. The van der Waals surface area contributed by atoms with E-state index in [2.05, 4.69) is 22.0 Å². The van der Waals surface area contributed by atoms with E-state index in [0.717, 1.165) is 33.6 Å². The molecule has 0 unspecified atom stereocenters. The maximum absolute atomic E-state index is 12.7. The van der Waals surface area contributed by atoms with Crippen molar-refractivity contribution in [3.63, 3.8) is 0 Å². The molecule has 0 radical (unpaired) electrons. The Hall–Kier alpha value is -0.450. The van der Waals surface area contributed by atoms with Gasteiger partial charge in [-0.15, -0.1) is 0 Å². The van der Waals surface area contributed by atoms with Crippen LogP contribution in [-0.2, 0) is 0 Å². The Labute approximate surface area is 138 Å². The molecule has 1 aromatic rings. The number of benzene rings is 1. The Morgan fingerprint density at radius 1 is 1.14 bits per heavy atom. The Bertz CT molecular complexity index is 607. The molecule has 0 aromatic heterocycles. The molecule has 1 spiro atoms. The van der Waals surface area contributed by atoms with E-state index in [1.807, 2.05) is 23.9 Å². The number of hydrogen-bond donors (Lipinski definition) is 0. The van der Waals surface area contributed by atoms with Gasteiger partial charge in [0.15, 0.2) is 0 Å². The first-order valence-electron chi connectivity index (χ1n) is 7.84. The van der Waals surface area contributed by atoms with E-state index in [-0.39, 0.29) is 0 Å². The van der Waals surface area contributed by atoms with Crippen LogP contribution in [0.3, 0.4) is 0 Å². The van der Waals surface area contributed by atoms with Crippen LogP contribution in [0.25, 0.3) is 0 Å². The summed E-state index contributed by atoms with van der Waals surface area (Å²) in [6.07, 6.45) is 10.1. The first-order valence-corrected chi connectivity index (χ1v) is 9.45. The molecule has 0 saturated heterocycles. The summed E-state index contributed by atoms with van der Waals surface area (Å²) in [5.74, 6) is 0. The highest BCUT2D eigenvalue weighted by Crippen LogP contribution is 2.56. The van der Waals surface area contributed by atoms with Crippen molar-refractivity contribution in [3.8, 4) is 0 Å². The Balaban J connectivity index is 1.67. The lowest BCUT2D eigenvalue weighted by atomic mass is 9.66. The predicted octanol–water partition coefficient (Wildman–Crippen LogP) is 6.21. The minimum Gasteiger partial charge on any atom is -0.754 e. The number of hydroxylamine groups is 1. The number of nitrogens with zero attached hydrogens (tertiary/aromatic N) is 1. The van der Waals surface area contributed by atoms with Gasteiger partial charge in [0, 0.05) is 25.7 Å². The van der Waals surface area contributed by atoms with Crippen LogP contribution < -0.4 is 5.06 Å². The second-order valence-corrected chi connectivity index (χ2v) is 8.67. The van der Waals surface area contributed by atoms with Crippen molar-refractivity contribution in [2.45, 2.75) is 56.3 Å². The van der Waals surface area contributed by atoms with Gasteiger partial charge < -0.3 is 10.3 Å². The zero-order valence-corrected chi connectivity index (χ0v) is 14.4. The standard InChI is InChI=1S/C17H19BrNOS/c18-12-4-5-13-15(10-12)21-16-11-17(7-2-1-3-8-17)9-6-14(16)19(13)20/h4-5,10H,1-3,6-9,11H2/q-1. The van der Waals surface area contributed by atoms with Crippen LogP contribution in [0.4, 0.5) is 5.69 Å². The zero-order chi connectivity index (χ0) is 14.4. The number of halogens is 1. The van der Waals surface area contributed by atoms with Crippen molar-refractivity contribution >= 4 is 33.4 Å². The molecule has 0 N–H and O–H groups in total. The van der Waals surface area contributed by atoms with Crippen LogP contribution in [0.15, 0.2) is 38.2 Å². The molecule has 4 heteroatoms. The Kier molecular flexibility index (Phi) is 3.59. The van der Waals surface area contributed by atoms with E-state index in [4.69, 9.17) is 0 Å². The third kappa shape index (κ3) is 2.45. The van der Waals surface area contributed by atoms with Crippen LogP contribution in [0.1, 0.15) is 51.4 Å². The van der Waals surface area contributed by atoms with Crippen molar-refractivity contribution in [1.82, 2.24) is 0 Å². The molecule has 0 atom stereocenters. The van der Waals surface area contributed by atoms with Gasteiger partial charge >= 0.3 is 0 Å². The van der Waals surface area contributed by atoms with Gasteiger partial charge in [-0.25, -0.2) is 0 Å². The van der Waals surface area contributed by atoms with E-state index in [1.54, 1.807) is 0 Å². The molecule has 2 nitrogen and oxygen atoms in total. The lowest BCUT2D eigenvalue weighted by Crippen LogP contribution is -2.32. The summed E-state index contributed by atoms with van der Waals surface area (Å²) in [5, 5.41) is 13.9. The first-order chi connectivity index (χ1) is 10.2. The average Bonchev–Trinajstić information content (AvgIpc) is 2.47. The monoisotopic (exact) mass is 364 g/mol. The van der Waals surface area contributed by atoms with E-state index in [1.165, 1.54) is 48.5 Å². The van der Waals surface area contributed by atoms with E-state index >= 15 is 0 Å². The summed E-state index contributed by atoms with van der Waals surface area (Å²) in [5.41, 5.74) is 2.35. The molecule has 0 bridgehead atoms. The highest BCUT2D eigenvalue weighted by molar-refractivity contribution is 9.10. The predicted molar refractivity (Wildman–Crippen MR) is 92.2 cm³/mol. The second kappa shape index (κ2) is 5.32. The van der Waals surface area contributed by atoms with Gasteiger partial charge in [-0.05, 0) is 55.7 Å². The van der Waals surface area contributed by atoms with Crippen LogP contribution in [0, 0.1) is 10.6 Å². The van der Waals surface area contributed by atoms with E-state index in [9.17, 15) is 5.21 Å². The van der Waals surface area contributed by atoms with Crippen LogP contribution >= 0.6 is 27.7 Å². The number of hydrogen-bond acceptors (Lipinski definition) is 3. The molecule has 4 rings (SSSR count). The Morgan fingerprint density at radius 3 is 2.76 bits per heavy atom. The minimum atomic E-state index is 0.494. The van der Waals surface area contributed by atoms with Gasteiger partial charge in [0.25, 0.3) is 0 Å². The highest BCUT2D eigenvalue weighted by Gasteiger charge is 2.38. The molecule has 1 aromatic carbocycles. The van der Waals surface area contributed by atoms with Gasteiger partial charge in [-0.3, -0.25) is 0 Å². The average molecular weight is 365 g/mol. The molecule has 1 aliphatic heterocycles. The molecule has 3 aliphatic rings. The Morgan fingerprint density at radius 2 is 1.95 bits per heavy atom. The third-order valence-corrected chi connectivity index (χ3v) is 6.95.